The first-order valence-corrected chi connectivity index (χ1v) is 7.15. The largest absolute Gasteiger partial charge is 0.325 e. The molecule has 0 fully saturated rings. The standard InChI is InChI=1S/C17H23NO2/c1-4-9-15(19)12-16(20)18-17(13(3)5-2)14-10-7-6-8-11-14/h6-8,10-11H,4-5,9,12H2,1-3H3,(H,18,20). The Morgan fingerprint density at radius 2 is 1.75 bits per heavy atom. The second kappa shape index (κ2) is 8.31. The number of hydrogen-bond donors (Lipinski definition) is 1. The van der Waals surface area contributed by atoms with Crippen molar-refractivity contribution in [2.24, 2.45) is 0 Å². The van der Waals surface area contributed by atoms with Crippen molar-refractivity contribution in [1.82, 2.24) is 5.32 Å². The maximum absolute atomic E-state index is 12.0. The normalized spacial score (nSPS) is 11.8. The molecular weight excluding hydrogens is 250 g/mol. The van der Waals surface area contributed by atoms with Gasteiger partial charge in [-0.2, -0.15) is 0 Å². The molecule has 1 amide bonds. The first-order valence-electron chi connectivity index (χ1n) is 7.15. The molecule has 0 bridgehead atoms. The van der Waals surface area contributed by atoms with Crippen molar-refractivity contribution in [3.05, 3.63) is 41.5 Å². The minimum atomic E-state index is -0.227. The van der Waals surface area contributed by atoms with E-state index in [4.69, 9.17) is 0 Å². The first kappa shape index (κ1) is 16.2. The molecule has 0 heterocycles. The zero-order chi connectivity index (χ0) is 15.0. The predicted octanol–water partition coefficient (Wildman–Crippen LogP) is 3.70. The molecule has 3 nitrogen and oxygen atoms in total. The zero-order valence-corrected chi connectivity index (χ0v) is 12.5. The van der Waals surface area contributed by atoms with Crippen LogP contribution in [0.3, 0.4) is 0 Å². The molecule has 0 saturated carbocycles. The Labute approximate surface area is 121 Å². The van der Waals surface area contributed by atoms with E-state index in [1.165, 1.54) is 0 Å². The van der Waals surface area contributed by atoms with Gasteiger partial charge in [0, 0.05) is 12.1 Å². The number of amides is 1. The van der Waals surface area contributed by atoms with Gasteiger partial charge < -0.3 is 5.32 Å². The molecule has 1 aromatic rings. The molecule has 0 atom stereocenters. The molecule has 0 aliphatic heterocycles. The van der Waals surface area contributed by atoms with Crippen LogP contribution in [0.15, 0.2) is 35.9 Å². The second-order valence-corrected chi connectivity index (χ2v) is 4.89. The molecule has 0 radical (unpaired) electrons. The van der Waals surface area contributed by atoms with E-state index in [0.717, 1.165) is 29.7 Å². The topological polar surface area (TPSA) is 46.2 Å². The van der Waals surface area contributed by atoms with Gasteiger partial charge in [-0.05, 0) is 30.9 Å². The molecule has 0 unspecified atom stereocenters. The highest BCUT2D eigenvalue weighted by atomic mass is 16.2. The summed E-state index contributed by atoms with van der Waals surface area (Å²) in [5.74, 6) is -0.235. The first-order chi connectivity index (χ1) is 9.58. The van der Waals surface area contributed by atoms with E-state index in [9.17, 15) is 9.59 Å². The van der Waals surface area contributed by atoms with E-state index in [2.05, 4.69) is 5.32 Å². The van der Waals surface area contributed by atoms with Gasteiger partial charge in [0.2, 0.25) is 5.91 Å². The molecule has 3 heteroatoms. The molecule has 0 spiro atoms. The van der Waals surface area contributed by atoms with Crippen LogP contribution in [0.5, 0.6) is 0 Å². The van der Waals surface area contributed by atoms with Gasteiger partial charge in [-0.1, -0.05) is 44.2 Å². The van der Waals surface area contributed by atoms with E-state index < -0.39 is 0 Å². The van der Waals surface area contributed by atoms with Crippen molar-refractivity contribution < 1.29 is 9.59 Å². The van der Waals surface area contributed by atoms with Crippen molar-refractivity contribution >= 4 is 17.4 Å². The van der Waals surface area contributed by atoms with Crippen LogP contribution in [0.25, 0.3) is 5.70 Å². The lowest BCUT2D eigenvalue weighted by Gasteiger charge is -2.13. The monoisotopic (exact) mass is 273 g/mol. The molecule has 0 aliphatic carbocycles. The Balaban J connectivity index is 2.83. The molecule has 0 aromatic heterocycles. The predicted molar refractivity (Wildman–Crippen MR) is 82.0 cm³/mol. The SMILES string of the molecule is CCCC(=O)CC(=O)NC(=C(C)CC)c1ccccc1. The summed E-state index contributed by atoms with van der Waals surface area (Å²) >= 11 is 0. The third-order valence-electron chi connectivity index (χ3n) is 3.17. The summed E-state index contributed by atoms with van der Waals surface area (Å²) in [4.78, 5) is 23.5. The fourth-order valence-corrected chi connectivity index (χ4v) is 1.94. The van der Waals surface area contributed by atoms with Crippen molar-refractivity contribution in [3.8, 4) is 0 Å². The lowest BCUT2D eigenvalue weighted by molar-refractivity contribution is -0.127. The van der Waals surface area contributed by atoms with Crippen molar-refractivity contribution in [1.29, 1.82) is 0 Å². The molecule has 1 aromatic carbocycles. The molecule has 1 rings (SSSR count). The minimum Gasteiger partial charge on any atom is -0.325 e. The van der Waals surface area contributed by atoms with Crippen LogP contribution in [0.4, 0.5) is 0 Å². The molecule has 108 valence electrons. The molecule has 0 saturated heterocycles. The van der Waals surface area contributed by atoms with E-state index in [1.54, 1.807) is 0 Å². The number of allylic oxidation sites excluding steroid dienone is 1. The maximum Gasteiger partial charge on any atom is 0.231 e. The Hall–Kier alpha value is -1.90. The van der Waals surface area contributed by atoms with Gasteiger partial charge in [-0.15, -0.1) is 0 Å². The molecular formula is C17H23NO2. The van der Waals surface area contributed by atoms with E-state index in [-0.39, 0.29) is 18.1 Å². The summed E-state index contributed by atoms with van der Waals surface area (Å²) in [5.41, 5.74) is 2.90. The number of carbonyl (C=O) groups excluding carboxylic acids is 2. The maximum atomic E-state index is 12.0. The summed E-state index contributed by atoms with van der Waals surface area (Å²) in [5, 5.41) is 2.89. The van der Waals surface area contributed by atoms with Gasteiger partial charge in [0.15, 0.2) is 0 Å². The summed E-state index contributed by atoms with van der Waals surface area (Å²) in [6.45, 7) is 5.98. The van der Waals surface area contributed by atoms with Crippen LogP contribution in [0.1, 0.15) is 52.0 Å². The average molecular weight is 273 g/mol. The van der Waals surface area contributed by atoms with Gasteiger partial charge in [0.25, 0.3) is 0 Å². The summed E-state index contributed by atoms with van der Waals surface area (Å²) in [6.07, 6.45) is 2.06. The number of ketones is 1. The average Bonchev–Trinajstić information content (AvgIpc) is 2.45. The van der Waals surface area contributed by atoms with Crippen molar-refractivity contribution in [2.45, 2.75) is 46.5 Å². The van der Waals surface area contributed by atoms with Crippen LogP contribution in [-0.4, -0.2) is 11.7 Å². The third-order valence-corrected chi connectivity index (χ3v) is 3.17. The van der Waals surface area contributed by atoms with Gasteiger partial charge in [-0.25, -0.2) is 0 Å². The van der Waals surface area contributed by atoms with Crippen LogP contribution >= 0.6 is 0 Å². The quantitative estimate of drug-likeness (QED) is 0.770. The molecule has 1 N–H and O–H groups in total. The number of hydrogen-bond acceptors (Lipinski definition) is 2. The van der Waals surface area contributed by atoms with Crippen LogP contribution < -0.4 is 5.32 Å². The summed E-state index contributed by atoms with van der Waals surface area (Å²) in [7, 11) is 0. The smallest absolute Gasteiger partial charge is 0.231 e. The van der Waals surface area contributed by atoms with Gasteiger partial charge >= 0.3 is 0 Å². The number of benzene rings is 1. The minimum absolute atomic E-state index is 0.00781. The van der Waals surface area contributed by atoms with Crippen LogP contribution in [0, 0.1) is 0 Å². The van der Waals surface area contributed by atoms with E-state index in [0.29, 0.717) is 6.42 Å². The Bertz CT molecular complexity index is 489. The lowest BCUT2D eigenvalue weighted by Crippen LogP contribution is -2.25. The fourth-order valence-electron chi connectivity index (χ4n) is 1.94. The number of carbonyl (C=O) groups is 2. The molecule has 0 aliphatic rings. The van der Waals surface area contributed by atoms with Crippen LogP contribution in [0.2, 0.25) is 0 Å². The fraction of sp³-hybridized carbons (Fsp3) is 0.412. The lowest BCUT2D eigenvalue weighted by atomic mass is 10.0. The van der Waals surface area contributed by atoms with Crippen LogP contribution in [-0.2, 0) is 9.59 Å². The van der Waals surface area contributed by atoms with Crippen molar-refractivity contribution in [2.75, 3.05) is 0 Å². The third kappa shape index (κ3) is 5.00. The second-order valence-electron chi connectivity index (χ2n) is 4.89. The number of Topliss-reactive ketones (excluding diaryl/α,β-unsaturated/α-hetero) is 1. The van der Waals surface area contributed by atoms with Gasteiger partial charge in [0.1, 0.15) is 5.78 Å². The summed E-state index contributed by atoms with van der Waals surface area (Å²) < 4.78 is 0. The summed E-state index contributed by atoms with van der Waals surface area (Å²) in [6, 6.07) is 9.74. The highest BCUT2D eigenvalue weighted by Crippen LogP contribution is 2.18. The van der Waals surface area contributed by atoms with E-state index in [1.807, 2.05) is 51.1 Å². The van der Waals surface area contributed by atoms with Gasteiger partial charge in [0.05, 0.1) is 6.42 Å². The number of nitrogens with one attached hydrogen (secondary N) is 1. The Kier molecular flexibility index (Phi) is 6.71. The van der Waals surface area contributed by atoms with Gasteiger partial charge in [-0.3, -0.25) is 9.59 Å². The molecule has 20 heavy (non-hydrogen) atoms. The highest BCUT2D eigenvalue weighted by Gasteiger charge is 2.12. The van der Waals surface area contributed by atoms with Crippen molar-refractivity contribution in [3.63, 3.8) is 0 Å². The number of rotatable bonds is 7. The zero-order valence-electron chi connectivity index (χ0n) is 12.5. The Morgan fingerprint density at radius 1 is 1.10 bits per heavy atom. The highest BCUT2D eigenvalue weighted by molar-refractivity contribution is 6.01. The van der Waals surface area contributed by atoms with E-state index >= 15 is 0 Å². The Morgan fingerprint density at radius 3 is 2.30 bits per heavy atom.